The van der Waals surface area contributed by atoms with Gasteiger partial charge in [-0.2, -0.15) is 0 Å². The zero-order chi connectivity index (χ0) is 22.6. The van der Waals surface area contributed by atoms with E-state index in [9.17, 15) is 4.79 Å². The lowest BCUT2D eigenvalue weighted by Gasteiger charge is -2.67. The highest BCUT2D eigenvalue weighted by molar-refractivity contribution is 6.55. The highest BCUT2D eigenvalue weighted by Crippen LogP contribution is 2.75. The molecule has 0 N–H and O–H groups in total. The molecule has 0 aromatic heterocycles. The van der Waals surface area contributed by atoms with Crippen LogP contribution in [-0.4, -0.2) is 10.1 Å². The Bertz CT molecular complexity index is 667. The van der Waals surface area contributed by atoms with Crippen LogP contribution in [0.15, 0.2) is 0 Å². The van der Waals surface area contributed by atoms with Gasteiger partial charge in [-0.15, -0.1) is 0 Å². The number of Topliss-reactive ketones (excluding diaryl/α,β-unsaturated/α-hetero) is 1. The van der Waals surface area contributed by atoms with Crippen LogP contribution in [0.3, 0.4) is 0 Å². The fourth-order valence-corrected chi connectivity index (χ4v) is 10.4. The van der Waals surface area contributed by atoms with Crippen LogP contribution >= 0.6 is 23.2 Å². The minimum atomic E-state index is -0.825. The number of alkyl halides is 2. The Morgan fingerprint density at radius 2 is 1.03 bits per heavy atom. The third-order valence-electron chi connectivity index (χ3n) is 11.7. The van der Waals surface area contributed by atoms with Crippen LogP contribution in [0, 0.1) is 46.3 Å². The van der Waals surface area contributed by atoms with Crippen molar-refractivity contribution in [3.8, 4) is 0 Å². The molecule has 0 amide bonds. The molecule has 5 aliphatic carbocycles. The van der Waals surface area contributed by atoms with E-state index >= 15 is 0 Å². The van der Waals surface area contributed by atoms with E-state index in [1.807, 2.05) is 0 Å². The molecule has 0 bridgehead atoms. The maximum Gasteiger partial charge on any atom is 0.151 e. The van der Waals surface area contributed by atoms with Gasteiger partial charge in [-0.05, 0) is 113 Å². The van der Waals surface area contributed by atoms with Gasteiger partial charge in [0.2, 0.25) is 0 Å². The lowest BCUT2D eigenvalue weighted by Crippen LogP contribution is -2.74. The summed E-state index contributed by atoms with van der Waals surface area (Å²) in [6, 6.07) is 0. The van der Waals surface area contributed by atoms with Crippen molar-refractivity contribution in [3.05, 3.63) is 0 Å². The smallest absolute Gasteiger partial charge is 0.151 e. The molecule has 5 fully saturated rings. The highest BCUT2D eigenvalue weighted by Gasteiger charge is 2.79. The topological polar surface area (TPSA) is 17.1 Å². The van der Waals surface area contributed by atoms with Crippen LogP contribution in [0.4, 0.5) is 0 Å². The average Bonchev–Trinajstić information content (AvgIpc) is 2.84. The number of ketones is 1. The largest absolute Gasteiger partial charge is 0.298 e. The average molecular weight is 482 g/mol. The highest BCUT2D eigenvalue weighted by atomic mass is 35.5. The second-order valence-corrected chi connectivity index (χ2v) is 14.3. The molecule has 3 heteroatoms. The van der Waals surface area contributed by atoms with Gasteiger partial charge >= 0.3 is 0 Å². The fraction of sp³-hybridized carbons (Fsp3) is 0.966. The standard InChI is InChI=1S/C29H46Cl2O/c1-3-21-6-10-23(11-7-21)25-14-18-28(19-15-25)26(32)27(29(28,30)31)16-12-24(13-17-27)22-8-4-20(2)5-9-22/h20-25H,3-19H2,1-2H3. The Hall–Kier alpha value is 0.250. The Labute approximate surface area is 207 Å². The lowest BCUT2D eigenvalue weighted by molar-refractivity contribution is -0.173. The first-order valence-corrected chi connectivity index (χ1v) is 15.0. The predicted molar refractivity (Wildman–Crippen MR) is 135 cm³/mol. The molecule has 5 saturated carbocycles. The van der Waals surface area contributed by atoms with Gasteiger partial charge in [0.1, 0.15) is 4.33 Å². The molecule has 0 aromatic rings. The number of carbonyl (C=O) groups excluding carboxylic acids is 1. The summed E-state index contributed by atoms with van der Waals surface area (Å²) >= 11 is 14.5. The van der Waals surface area contributed by atoms with Gasteiger partial charge in [-0.25, -0.2) is 0 Å². The lowest BCUT2D eigenvalue weighted by atomic mass is 9.41. The molecule has 5 rings (SSSR count). The van der Waals surface area contributed by atoms with Crippen molar-refractivity contribution in [2.45, 2.75) is 127 Å². The first kappa shape index (κ1) is 24.0. The molecule has 1 nitrogen and oxygen atoms in total. The summed E-state index contributed by atoms with van der Waals surface area (Å²) < 4.78 is -0.825. The zero-order valence-electron chi connectivity index (χ0n) is 20.6. The van der Waals surface area contributed by atoms with Gasteiger partial charge in [0.05, 0.1) is 10.8 Å². The van der Waals surface area contributed by atoms with Crippen molar-refractivity contribution in [2.75, 3.05) is 0 Å². The molecule has 32 heavy (non-hydrogen) atoms. The first-order chi connectivity index (χ1) is 15.3. The molecule has 0 saturated heterocycles. The summed E-state index contributed by atoms with van der Waals surface area (Å²) in [7, 11) is 0. The molecule has 5 aliphatic rings. The summed E-state index contributed by atoms with van der Waals surface area (Å²) in [5, 5.41) is 0. The summed E-state index contributed by atoms with van der Waals surface area (Å²) in [5.41, 5.74) is -0.860. The van der Waals surface area contributed by atoms with Gasteiger partial charge in [-0.1, -0.05) is 69.2 Å². The summed E-state index contributed by atoms with van der Waals surface area (Å²) in [5.74, 6) is 5.70. The third kappa shape index (κ3) is 3.65. The van der Waals surface area contributed by atoms with E-state index in [2.05, 4.69) is 13.8 Å². The minimum Gasteiger partial charge on any atom is -0.298 e. The second kappa shape index (κ2) is 9.04. The summed E-state index contributed by atoms with van der Waals surface area (Å²) in [6.07, 6.45) is 21.0. The van der Waals surface area contributed by atoms with Crippen molar-refractivity contribution >= 4 is 29.0 Å². The molecular formula is C29H46Cl2O. The van der Waals surface area contributed by atoms with E-state index in [-0.39, 0.29) is 0 Å². The molecular weight excluding hydrogens is 435 g/mol. The molecule has 0 aliphatic heterocycles. The first-order valence-electron chi connectivity index (χ1n) is 14.3. The van der Waals surface area contributed by atoms with Crippen LogP contribution in [-0.2, 0) is 4.79 Å². The van der Waals surface area contributed by atoms with Gasteiger partial charge in [-0.3, -0.25) is 4.79 Å². The van der Waals surface area contributed by atoms with Crippen molar-refractivity contribution in [1.29, 1.82) is 0 Å². The fourth-order valence-electron chi connectivity index (χ4n) is 9.25. The van der Waals surface area contributed by atoms with Crippen LogP contribution in [0.25, 0.3) is 0 Å². The number of hydrogen-bond acceptors (Lipinski definition) is 1. The Kier molecular flexibility index (Phi) is 6.77. The number of halogens is 2. The van der Waals surface area contributed by atoms with Crippen molar-refractivity contribution < 1.29 is 4.79 Å². The maximum atomic E-state index is 13.9. The van der Waals surface area contributed by atoms with E-state index in [0.717, 1.165) is 61.2 Å². The van der Waals surface area contributed by atoms with E-state index in [1.165, 1.54) is 83.5 Å². The SMILES string of the molecule is CCC1CCC(C2CCC3(CC2)C(=O)C2(CCC(C4CCC(C)CC4)CC2)C3(Cl)Cl)CC1. The predicted octanol–water partition coefficient (Wildman–Crippen LogP) is 9.14. The van der Waals surface area contributed by atoms with E-state index in [4.69, 9.17) is 23.2 Å². The van der Waals surface area contributed by atoms with Crippen molar-refractivity contribution in [3.63, 3.8) is 0 Å². The van der Waals surface area contributed by atoms with Crippen LogP contribution < -0.4 is 0 Å². The maximum absolute atomic E-state index is 13.9. The zero-order valence-corrected chi connectivity index (χ0v) is 22.2. The Morgan fingerprint density at radius 3 is 1.41 bits per heavy atom. The molecule has 0 aromatic carbocycles. The number of hydrogen-bond donors (Lipinski definition) is 0. The van der Waals surface area contributed by atoms with Gasteiger partial charge in [0, 0.05) is 0 Å². The van der Waals surface area contributed by atoms with Gasteiger partial charge in [0.15, 0.2) is 5.78 Å². The van der Waals surface area contributed by atoms with E-state index < -0.39 is 15.2 Å². The third-order valence-corrected chi connectivity index (χ3v) is 13.1. The molecule has 0 heterocycles. The molecule has 0 unspecified atom stereocenters. The van der Waals surface area contributed by atoms with Gasteiger partial charge in [0.25, 0.3) is 0 Å². The quantitative estimate of drug-likeness (QED) is 0.367. The molecule has 0 atom stereocenters. The van der Waals surface area contributed by atoms with Crippen molar-refractivity contribution in [1.82, 2.24) is 0 Å². The molecule has 0 radical (unpaired) electrons. The Morgan fingerprint density at radius 1 is 0.656 bits per heavy atom. The van der Waals surface area contributed by atoms with Crippen LogP contribution in [0.2, 0.25) is 0 Å². The Balaban J connectivity index is 1.18. The van der Waals surface area contributed by atoms with E-state index in [1.54, 1.807) is 0 Å². The van der Waals surface area contributed by atoms with Crippen LogP contribution in [0.1, 0.15) is 123 Å². The van der Waals surface area contributed by atoms with Gasteiger partial charge < -0.3 is 0 Å². The molecule has 2 spiro atoms. The van der Waals surface area contributed by atoms with E-state index in [0.29, 0.717) is 5.78 Å². The van der Waals surface area contributed by atoms with Crippen molar-refractivity contribution in [2.24, 2.45) is 46.3 Å². The molecule has 182 valence electrons. The second-order valence-electron chi connectivity index (χ2n) is 13.0. The monoisotopic (exact) mass is 480 g/mol. The number of carbonyl (C=O) groups is 1. The summed E-state index contributed by atoms with van der Waals surface area (Å²) in [4.78, 5) is 13.9. The minimum absolute atomic E-state index is 0.430. The van der Waals surface area contributed by atoms with Crippen LogP contribution in [0.5, 0.6) is 0 Å². The number of rotatable bonds is 3. The summed E-state index contributed by atoms with van der Waals surface area (Å²) in [6.45, 7) is 4.75. The normalized spacial score (nSPS) is 49.2.